The summed E-state index contributed by atoms with van der Waals surface area (Å²) in [5.41, 5.74) is 1.13. The maximum absolute atomic E-state index is 13.3. The molecule has 0 radical (unpaired) electrons. The number of carbonyl (C=O) groups is 1. The van der Waals surface area contributed by atoms with Gasteiger partial charge >= 0.3 is 0 Å². The van der Waals surface area contributed by atoms with E-state index in [-0.39, 0.29) is 5.91 Å². The van der Waals surface area contributed by atoms with Crippen molar-refractivity contribution in [2.75, 3.05) is 52.9 Å². The fraction of sp³-hybridized carbons (Fsp3) is 0.522. The van der Waals surface area contributed by atoms with Crippen LogP contribution in [0.2, 0.25) is 0 Å². The molecule has 0 spiro atoms. The van der Waals surface area contributed by atoms with E-state index in [2.05, 4.69) is 29.0 Å². The minimum Gasteiger partial charge on any atom is -0.492 e. The lowest BCUT2D eigenvalue weighted by molar-refractivity contribution is 0.0453. The van der Waals surface area contributed by atoms with E-state index >= 15 is 0 Å². The summed E-state index contributed by atoms with van der Waals surface area (Å²) in [7, 11) is 2.21. The van der Waals surface area contributed by atoms with Crippen molar-refractivity contribution in [3.8, 4) is 16.2 Å². The fourth-order valence-corrected chi connectivity index (χ4v) is 5.48. The SMILES string of the molecule is CCOc1cc(-c2ccccc2)sc1C(=O)N1CCN(C2CCCN(C)C2)CC1. The molecule has 2 fully saturated rings. The van der Waals surface area contributed by atoms with Crippen LogP contribution in [0.5, 0.6) is 5.75 Å². The lowest BCUT2D eigenvalue weighted by Crippen LogP contribution is -2.55. The zero-order valence-corrected chi connectivity index (χ0v) is 18.3. The molecule has 1 aromatic carbocycles. The number of thiophene rings is 1. The third-order valence-corrected chi connectivity index (χ3v) is 7.12. The van der Waals surface area contributed by atoms with Gasteiger partial charge in [-0.25, -0.2) is 0 Å². The zero-order chi connectivity index (χ0) is 20.2. The van der Waals surface area contributed by atoms with Crippen LogP contribution in [0.3, 0.4) is 0 Å². The average Bonchev–Trinajstić information content (AvgIpc) is 3.18. The number of likely N-dealkylation sites (N-methyl/N-ethyl adjacent to an activating group) is 1. The summed E-state index contributed by atoms with van der Waals surface area (Å²) < 4.78 is 5.83. The quantitative estimate of drug-likeness (QED) is 0.749. The number of carbonyl (C=O) groups excluding carboxylic acids is 1. The van der Waals surface area contributed by atoms with E-state index in [9.17, 15) is 4.79 Å². The minimum atomic E-state index is 0.112. The topological polar surface area (TPSA) is 36.0 Å². The first-order chi connectivity index (χ1) is 14.2. The molecule has 2 saturated heterocycles. The smallest absolute Gasteiger partial charge is 0.267 e. The van der Waals surface area contributed by atoms with E-state index in [0.29, 0.717) is 12.6 Å². The van der Waals surface area contributed by atoms with E-state index in [1.165, 1.54) is 19.4 Å². The molecule has 1 amide bonds. The summed E-state index contributed by atoms with van der Waals surface area (Å²) in [5, 5.41) is 0. The number of nitrogens with zero attached hydrogens (tertiary/aromatic N) is 3. The van der Waals surface area contributed by atoms with Crippen molar-refractivity contribution in [1.82, 2.24) is 14.7 Å². The van der Waals surface area contributed by atoms with Crippen LogP contribution in [0.4, 0.5) is 0 Å². The fourth-order valence-electron chi connectivity index (χ4n) is 4.40. The maximum Gasteiger partial charge on any atom is 0.267 e. The van der Waals surface area contributed by atoms with Crippen molar-refractivity contribution < 1.29 is 9.53 Å². The van der Waals surface area contributed by atoms with Crippen molar-refractivity contribution in [2.45, 2.75) is 25.8 Å². The molecular formula is C23H31N3O2S. The van der Waals surface area contributed by atoms with Gasteiger partial charge in [-0.3, -0.25) is 9.69 Å². The first kappa shape index (κ1) is 20.4. The summed E-state index contributed by atoms with van der Waals surface area (Å²) in [6, 6.07) is 12.9. The number of rotatable bonds is 5. The average molecular weight is 414 g/mol. The van der Waals surface area contributed by atoms with E-state index < -0.39 is 0 Å². The summed E-state index contributed by atoms with van der Waals surface area (Å²) in [5.74, 6) is 0.832. The number of hydrogen-bond acceptors (Lipinski definition) is 5. The summed E-state index contributed by atoms with van der Waals surface area (Å²) in [6.07, 6.45) is 2.55. The first-order valence-electron chi connectivity index (χ1n) is 10.7. The van der Waals surface area contributed by atoms with Crippen LogP contribution in [0.15, 0.2) is 36.4 Å². The van der Waals surface area contributed by atoms with E-state index in [0.717, 1.165) is 53.8 Å². The van der Waals surface area contributed by atoms with Crippen LogP contribution in [-0.4, -0.2) is 79.6 Å². The Bertz CT molecular complexity index is 815. The van der Waals surface area contributed by atoms with Gasteiger partial charge in [0.05, 0.1) is 6.61 Å². The Morgan fingerprint density at radius 1 is 1.14 bits per heavy atom. The van der Waals surface area contributed by atoms with E-state index in [1.807, 2.05) is 36.1 Å². The van der Waals surface area contributed by atoms with Gasteiger partial charge in [-0.05, 0) is 45.0 Å². The molecule has 0 N–H and O–H groups in total. The molecule has 1 aromatic heterocycles. The first-order valence-corrected chi connectivity index (χ1v) is 11.5. The number of likely N-dealkylation sites (tertiary alicyclic amines) is 1. The Labute approximate surface area is 177 Å². The van der Waals surface area contributed by atoms with Crippen molar-refractivity contribution >= 4 is 17.2 Å². The van der Waals surface area contributed by atoms with Gasteiger partial charge in [-0.15, -0.1) is 11.3 Å². The normalized spacial score (nSPS) is 21.3. The highest BCUT2D eigenvalue weighted by atomic mass is 32.1. The summed E-state index contributed by atoms with van der Waals surface area (Å²) >= 11 is 1.55. The standard InChI is InChI=1S/C23H31N3O2S/c1-3-28-20-16-21(18-8-5-4-6-9-18)29-22(20)23(27)26-14-12-25(13-15-26)19-10-7-11-24(2)17-19/h4-6,8-9,16,19H,3,7,10-15,17H2,1-2H3. The maximum atomic E-state index is 13.3. The number of ether oxygens (including phenoxy) is 1. The van der Waals surface area contributed by atoms with E-state index in [1.54, 1.807) is 11.3 Å². The minimum absolute atomic E-state index is 0.112. The summed E-state index contributed by atoms with van der Waals surface area (Å²) in [6.45, 7) is 8.40. The highest BCUT2D eigenvalue weighted by Gasteiger charge is 2.30. The van der Waals surface area contributed by atoms with Gasteiger partial charge in [-0.2, -0.15) is 0 Å². The molecule has 4 rings (SSSR count). The highest BCUT2D eigenvalue weighted by molar-refractivity contribution is 7.17. The Morgan fingerprint density at radius 2 is 1.90 bits per heavy atom. The second-order valence-corrected chi connectivity index (χ2v) is 9.04. The number of piperazine rings is 1. The van der Waals surface area contributed by atoms with Crippen molar-refractivity contribution in [1.29, 1.82) is 0 Å². The van der Waals surface area contributed by atoms with Gasteiger partial charge in [0.2, 0.25) is 0 Å². The monoisotopic (exact) mass is 413 g/mol. The van der Waals surface area contributed by atoms with E-state index in [4.69, 9.17) is 4.74 Å². The molecule has 29 heavy (non-hydrogen) atoms. The van der Waals surface area contributed by atoms with Crippen LogP contribution >= 0.6 is 11.3 Å². The van der Waals surface area contributed by atoms with Crippen LogP contribution in [0.25, 0.3) is 10.4 Å². The molecule has 1 atom stereocenters. The van der Waals surface area contributed by atoms with Crippen molar-refractivity contribution in [3.05, 3.63) is 41.3 Å². The summed E-state index contributed by atoms with van der Waals surface area (Å²) in [4.78, 5) is 22.1. The molecule has 0 saturated carbocycles. The lowest BCUT2D eigenvalue weighted by atomic mass is 10.0. The van der Waals surface area contributed by atoms with Gasteiger partial charge in [-0.1, -0.05) is 30.3 Å². The predicted octanol–water partition coefficient (Wildman–Crippen LogP) is 3.67. The largest absolute Gasteiger partial charge is 0.492 e. The Hall–Kier alpha value is -1.89. The molecule has 2 aliphatic rings. The van der Waals surface area contributed by atoms with Gasteiger partial charge in [0.15, 0.2) is 0 Å². The number of piperidine rings is 1. The van der Waals surface area contributed by atoms with Gasteiger partial charge < -0.3 is 14.5 Å². The van der Waals surface area contributed by atoms with Crippen LogP contribution in [0.1, 0.15) is 29.4 Å². The van der Waals surface area contributed by atoms with Crippen LogP contribution in [0, 0.1) is 0 Å². The zero-order valence-electron chi connectivity index (χ0n) is 17.5. The highest BCUT2D eigenvalue weighted by Crippen LogP contribution is 2.37. The number of amides is 1. The van der Waals surface area contributed by atoms with Gasteiger partial charge in [0.25, 0.3) is 5.91 Å². The molecule has 156 valence electrons. The molecule has 2 aromatic rings. The molecule has 3 heterocycles. The molecular weight excluding hydrogens is 382 g/mol. The van der Waals surface area contributed by atoms with Gasteiger partial charge in [0, 0.05) is 43.6 Å². The lowest BCUT2D eigenvalue weighted by Gasteiger charge is -2.42. The molecule has 6 heteroatoms. The predicted molar refractivity (Wildman–Crippen MR) is 119 cm³/mol. The Balaban J connectivity index is 1.45. The van der Waals surface area contributed by atoms with Crippen LogP contribution in [-0.2, 0) is 0 Å². The molecule has 5 nitrogen and oxygen atoms in total. The Kier molecular flexibility index (Phi) is 6.53. The van der Waals surface area contributed by atoms with Crippen molar-refractivity contribution in [3.63, 3.8) is 0 Å². The third-order valence-electron chi connectivity index (χ3n) is 5.97. The van der Waals surface area contributed by atoms with Gasteiger partial charge in [0.1, 0.15) is 10.6 Å². The molecule has 0 aliphatic carbocycles. The van der Waals surface area contributed by atoms with Crippen molar-refractivity contribution in [2.24, 2.45) is 0 Å². The van der Waals surface area contributed by atoms with Crippen LogP contribution < -0.4 is 4.74 Å². The number of benzene rings is 1. The second-order valence-electron chi connectivity index (χ2n) is 7.99. The third kappa shape index (κ3) is 4.65. The second kappa shape index (κ2) is 9.28. The molecule has 1 unspecified atom stereocenters. The molecule has 2 aliphatic heterocycles. The molecule has 0 bridgehead atoms. The Morgan fingerprint density at radius 3 is 2.59 bits per heavy atom. The number of hydrogen-bond donors (Lipinski definition) is 0.